The third-order valence-corrected chi connectivity index (χ3v) is 3.60. The van der Waals surface area contributed by atoms with Gasteiger partial charge in [0.05, 0.1) is 5.60 Å². The largest absolute Gasteiger partial charge is 0.480 e. The molecule has 1 rings (SSSR count). The molecule has 0 aromatic rings. The third-order valence-electron chi connectivity index (χ3n) is 3.60. The summed E-state index contributed by atoms with van der Waals surface area (Å²) in [5.41, 5.74) is -0.787. The molecule has 94 valence electrons. The van der Waals surface area contributed by atoms with Crippen molar-refractivity contribution < 1.29 is 15.0 Å². The summed E-state index contributed by atoms with van der Waals surface area (Å²) in [4.78, 5) is 13.1. The molecular formula is C12H23NO3. The van der Waals surface area contributed by atoms with Crippen LogP contribution < -0.4 is 0 Å². The second kappa shape index (κ2) is 5.15. The Morgan fingerprint density at radius 1 is 1.56 bits per heavy atom. The van der Waals surface area contributed by atoms with Gasteiger partial charge in [0, 0.05) is 6.54 Å². The first-order valence-corrected chi connectivity index (χ1v) is 6.06. The van der Waals surface area contributed by atoms with Crippen LogP contribution in [-0.4, -0.2) is 45.8 Å². The number of aliphatic carboxylic acids is 1. The molecule has 2 N–H and O–H groups in total. The summed E-state index contributed by atoms with van der Waals surface area (Å²) < 4.78 is 0. The first-order chi connectivity index (χ1) is 7.37. The fraction of sp³-hybridized carbons (Fsp3) is 0.917. The zero-order valence-corrected chi connectivity index (χ0v) is 10.4. The molecule has 0 radical (unpaired) electrons. The monoisotopic (exact) mass is 229 g/mol. The van der Waals surface area contributed by atoms with Gasteiger partial charge in [0.25, 0.3) is 0 Å². The van der Waals surface area contributed by atoms with Crippen molar-refractivity contribution in [2.24, 2.45) is 5.92 Å². The van der Waals surface area contributed by atoms with E-state index in [-0.39, 0.29) is 5.92 Å². The molecule has 3 atom stereocenters. The lowest BCUT2D eigenvalue weighted by Gasteiger charge is -2.40. The van der Waals surface area contributed by atoms with E-state index in [2.05, 4.69) is 0 Å². The highest BCUT2D eigenvalue weighted by atomic mass is 16.4. The molecule has 16 heavy (non-hydrogen) atoms. The summed E-state index contributed by atoms with van der Waals surface area (Å²) >= 11 is 0. The minimum atomic E-state index is -0.787. The fourth-order valence-electron chi connectivity index (χ4n) is 2.40. The van der Waals surface area contributed by atoms with Crippen molar-refractivity contribution in [3.63, 3.8) is 0 Å². The van der Waals surface area contributed by atoms with E-state index in [0.717, 1.165) is 19.4 Å². The van der Waals surface area contributed by atoms with E-state index in [0.29, 0.717) is 13.0 Å². The van der Waals surface area contributed by atoms with Gasteiger partial charge in [-0.2, -0.15) is 0 Å². The first kappa shape index (κ1) is 13.5. The molecule has 1 heterocycles. The molecule has 0 saturated carbocycles. The van der Waals surface area contributed by atoms with E-state index in [1.807, 2.05) is 18.7 Å². The minimum absolute atomic E-state index is 0.166. The number of piperidine rings is 1. The van der Waals surface area contributed by atoms with Crippen LogP contribution in [0.1, 0.15) is 40.0 Å². The van der Waals surface area contributed by atoms with Crippen molar-refractivity contribution in [1.29, 1.82) is 0 Å². The summed E-state index contributed by atoms with van der Waals surface area (Å²) in [7, 11) is 0. The summed E-state index contributed by atoms with van der Waals surface area (Å²) in [6.07, 6.45) is 2.62. The van der Waals surface area contributed by atoms with Crippen LogP contribution >= 0.6 is 0 Å². The molecule has 0 spiro atoms. The van der Waals surface area contributed by atoms with E-state index in [9.17, 15) is 15.0 Å². The first-order valence-electron chi connectivity index (χ1n) is 6.06. The van der Waals surface area contributed by atoms with Crippen LogP contribution in [0.2, 0.25) is 0 Å². The van der Waals surface area contributed by atoms with Crippen molar-refractivity contribution in [1.82, 2.24) is 4.90 Å². The van der Waals surface area contributed by atoms with E-state index in [4.69, 9.17) is 0 Å². The number of nitrogens with zero attached hydrogens (tertiary/aromatic N) is 1. The Kier molecular flexibility index (Phi) is 4.33. The zero-order valence-electron chi connectivity index (χ0n) is 10.4. The normalized spacial score (nSPS) is 31.0. The number of likely N-dealkylation sites (tertiary alicyclic amines) is 1. The lowest BCUT2D eigenvalue weighted by atomic mass is 9.89. The number of rotatable bonds is 4. The number of aliphatic hydroxyl groups is 1. The van der Waals surface area contributed by atoms with Crippen LogP contribution in [0, 0.1) is 5.92 Å². The van der Waals surface area contributed by atoms with Crippen molar-refractivity contribution in [2.45, 2.75) is 51.7 Å². The SMILES string of the molecule is CCC(C)(O)CN1CCCC(C)C1C(=O)O. The van der Waals surface area contributed by atoms with Crippen molar-refractivity contribution >= 4 is 5.97 Å². The van der Waals surface area contributed by atoms with E-state index < -0.39 is 17.6 Å². The van der Waals surface area contributed by atoms with Gasteiger partial charge in [-0.1, -0.05) is 13.8 Å². The average molecular weight is 229 g/mol. The maximum absolute atomic E-state index is 11.2. The number of carboxylic acid groups (broad SMARTS) is 1. The highest BCUT2D eigenvalue weighted by Crippen LogP contribution is 2.25. The molecule has 0 bridgehead atoms. The lowest BCUT2D eigenvalue weighted by Crippen LogP contribution is -2.54. The number of carboxylic acids is 1. The van der Waals surface area contributed by atoms with Gasteiger partial charge in [-0.25, -0.2) is 0 Å². The number of carbonyl (C=O) groups is 1. The standard InChI is InChI=1S/C12H23NO3/c1-4-12(3,16)8-13-7-5-6-9(2)10(13)11(14)15/h9-10,16H,4-8H2,1-3H3,(H,14,15). The Balaban J connectivity index is 2.72. The molecule has 1 fully saturated rings. The van der Waals surface area contributed by atoms with E-state index in [1.54, 1.807) is 6.92 Å². The highest BCUT2D eigenvalue weighted by Gasteiger charge is 2.36. The van der Waals surface area contributed by atoms with Crippen molar-refractivity contribution in [3.8, 4) is 0 Å². The lowest BCUT2D eigenvalue weighted by molar-refractivity contribution is -0.148. The maximum atomic E-state index is 11.2. The predicted octanol–water partition coefficient (Wildman–Crippen LogP) is 1.33. The quantitative estimate of drug-likeness (QED) is 0.763. The molecule has 0 aromatic carbocycles. The maximum Gasteiger partial charge on any atom is 0.321 e. The Bertz CT molecular complexity index is 253. The van der Waals surface area contributed by atoms with Gasteiger partial charge in [0.2, 0.25) is 0 Å². The zero-order chi connectivity index (χ0) is 12.3. The van der Waals surface area contributed by atoms with Gasteiger partial charge in [-0.05, 0) is 38.6 Å². The second-order valence-electron chi connectivity index (χ2n) is 5.22. The summed E-state index contributed by atoms with van der Waals surface area (Å²) in [6, 6.07) is -0.438. The summed E-state index contributed by atoms with van der Waals surface area (Å²) in [5, 5.41) is 19.3. The predicted molar refractivity (Wildman–Crippen MR) is 62.3 cm³/mol. The molecule has 0 amide bonds. The molecule has 1 aliphatic rings. The van der Waals surface area contributed by atoms with E-state index in [1.165, 1.54) is 0 Å². The number of hydrogen-bond donors (Lipinski definition) is 2. The molecule has 1 aliphatic heterocycles. The molecule has 0 aromatic heterocycles. The van der Waals surface area contributed by atoms with E-state index >= 15 is 0 Å². The Morgan fingerprint density at radius 2 is 2.19 bits per heavy atom. The number of β-amino-alcohol motifs (C(OH)–C–C–N with tert-alkyl or cyclic N) is 1. The smallest absolute Gasteiger partial charge is 0.321 e. The molecular weight excluding hydrogens is 206 g/mol. The van der Waals surface area contributed by atoms with Crippen LogP contribution in [0.15, 0.2) is 0 Å². The molecule has 1 saturated heterocycles. The fourth-order valence-corrected chi connectivity index (χ4v) is 2.40. The van der Waals surface area contributed by atoms with Crippen LogP contribution in [0.25, 0.3) is 0 Å². The van der Waals surface area contributed by atoms with Gasteiger partial charge in [0.1, 0.15) is 6.04 Å². The summed E-state index contributed by atoms with van der Waals surface area (Å²) in [6.45, 7) is 6.89. The van der Waals surface area contributed by atoms with Crippen LogP contribution in [0.5, 0.6) is 0 Å². The van der Waals surface area contributed by atoms with Gasteiger partial charge in [0.15, 0.2) is 0 Å². The topological polar surface area (TPSA) is 60.8 Å². The highest BCUT2D eigenvalue weighted by molar-refractivity contribution is 5.74. The number of hydrogen-bond acceptors (Lipinski definition) is 3. The Labute approximate surface area is 97.3 Å². The Morgan fingerprint density at radius 3 is 2.69 bits per heavy atom. The average Bonchev–Trinajstić information content (AvgIpc) is 2.16. The van der Waals surface area contributed by atoms with Crippen molar-refractivity contribution in [2.75, 3.05) is 13.1 Å². The van der Waals surface area contributed by atoms with Crippen LogP contribution in [0.4, 0.5) is 0 Å². The van der Waals surface area contributed by atoms with Gasteiger partial charge < -0.3 is 10.2 Å². The minimum Gasteiger partial charge on any atom is -0.480 e. The molecule has 4 nitrogen and oxygen atoms in total. The van der Waals surface area contributed by atoms with Crippen LogP contribution in [-0.2, 0) is 4.79 Å². The molecule has 4 heteroatoms. The molecule has 3 unspecified atom stereocenters. The van der Waals surface area contributed by atoms with Crippen molar-refractivity contribution in [3.05, 3.63) is 0 Å². The van der Waals surface area contributed by atoms with Gasteiger partial charge in [-0.15, -0.1) is 0 Å². The summed E-state index contributed by atoms with van der Waals surface area (Å²) in [5.74, 6) is -0.599. The second-order valence-corrected chi connectivity index (χ2v) is 5.22. The third kappa shape index (κ3) is 3.19. The van der Waals surface area contributed by atoms with Crippen LogP contribution in [0.3, 0.4) is 0 Å². The van der Waals surface area contributed by atoms with Gasteiger partial charge in [-0.3, -0.25) is 9.69 Å². The van der Waals surface area contributed by atoms with Gasteiger partial charge >= 0.3 is 5.97 Å². The Hall–Kier alpha value is -0.610. The molecule has 0 aliphatic carbocycles.